The van der Waals surface area contributed by atoms with Crippen LogP contribution in [0.4, 0.5) is 10.2 Å². The summed E-state index contributed by atoms with van der Waals surface area (Å²) in [6, 6.07) is 6.48. The molecule has 0 radical (unpaired) electrons. The molecule has 18 heavy (non-hydrogen) atoms. The van der Waals surface area contributed by atoms with Crippen LogP contribution in [0.5, 0.6) is 0 Å². The third-order valence-electron chi connectivity index (χ3n) is 2.37. The molecule has 0 aliphatic rings. The molecule has 1 aromatic heterocycles. The molecule has 0 spiro atoms. The fourth-order valence-corrected chi connectivity index (χ4v) is 2.44. The maximum Gasteiger partial charge on any atom is 0.146 e. The van der Waals surface area contributed by atoms with Crippen molar-refractivity contribution in [2.24, 2.45) is 0 Å². The third kappa shape index (κ3) is 2.46. The van der Waals surface area contributed by atoms with Crippen molar-refractivity contribution >= 4 is 44.9 Å². The number of rotatable bonds is 2. The van der Waals surface area contributed by atoms with Crippen molar-refractivity contribution in [2.45, 2.75) is 0 Å². The zero-order chi connectivity index (χ0) is 13.3. The van der Waals surface area contributed by atoms with Crippen molar-refractivity contribution < 1.29 is 4.39 Å². The van der Waals surface area contributed by atoms with Crippen molar-refractivity contribution in [1.82, 2.24) is 4.98 Å². The SMILES string of the molecule is CNc1nc(-c2cccc(Br)c2F)c(Cl)cc1Cl. The van der Waals surface area contributed by atoms with Gasteiger partial charge in [-0.15, -0.1) is 0 Å². The van der Waals surface area contributed by atoms with Gasteiger partial charge in [-0.05, 0) is 34.1 Å². The van der Waals surface area contributed by atoms with Crippen LogP contribution in [0.2, 0.25) is 10.0 Å². The number of hydrogen-bond acceptors (Lipinski definition) is 2. The first-order valence-corrected chi connectivity index (χ1v) is 6.57. The summed E-state index contributed by atoms with van der Waals surface area (Å²) in [4.78, 5) is 4.23. The summed E-state index contributed by atoms with van der Waals surface area (Å²) in [5.41, 5.74) is 0.673. The molecule has 2 nitrogen and oxygen atoms in total. The summed E-state index contributed by atoms with van der Waals surface area (Å²) in [6.45, 7) is 0. The fourth-order valence-electron chi connectivity index (χ4n) is 1.52. The molecule has 0 aliphatic carbocycles. The number of halogens is 4. The van der Waals surface area contributed by atoms with Crippen molar-refractivity contribution in [1.29, 1.82) is 0 Å². The second-order valence-corrected chi connectivity index (χ2v) is 5.17. The highest BCUT2D eigenvalue weighted by Gasteiger charge is 2.15. The zero-order valence-corrected chi connectivity index (χ0v) is 12.4. The van der Waals surface area contributed by atoms with Crippen molar-refractivity contribution in [3.05, 3.63) is 44.6 Å². The third-order valence-corrected chi connectivity index (χ3v) is 3.56. The minimum atomic E-state index is -0.406. The van der Waals surface area contributed by atoms with Gasteiger partial charge in [0.05, 0.1) is 20.2 Å². The van der Waals surface area contributed by atoms with Gasteiger partial charge in [0.25, 0.3) is 0 Å². The van der Waals surface area contributed by atoms with Gasteiger partial charge in [0.1, 0.15) is 11.6 Å². The minimum absolute atomic E-state index is 0.302. The van der Waals surface area contributed by atoms with Crippen molar-refractivity contribution in [3.63, 3.8) is 0 Å². The van der Waals surface area contributed by atoms with Gasteiger partial charge in [0.15, 0.2) is 0 Å². The van der Waals surface area contributed by atoms with Crippen molar-refractivity contribution in [3.8, 4) is 11.3 Å². The van der Waals surface area contributed by atoms with E-state index in [0.717, 1.165) is 0 Å². The molecule has 1 aromatic carbocycles. The van der Waals surface area contributed by atoms with Gasteiger partial charge in [-0.1, -0.05) is 29.3 Å². The highest BCUT2D eigenvalue weighted by Crippen LogP contribution is 2.35. The number of anilines is 1. The molecule has 0 bridgehead atoms. The van der Waals surface area contributed by atoms with Crippen molar-refractivity contribution in [2.75, 3.05) is 12.4 Å². The quantitative estimate of drug-likeness (QED) is 0.825. The lowest BCUT2D eigenvalue weighted by molar-refractivity contribution is 0.624. The molecule has 94 valence electrons. The number of aromatic nitrogens is 1. The molecule has 0 atom stereocenters. The Morgan fingerprint density at radius 2 is 2.00 bits per heavy atom. The predicted molar refractivity (Wildman–Crippen MR) is 76.9 cm³/mol. The summed E-state index contributed by atoms with van der Waals surface area (Å²) >= 11 is 15.1. The molecule has 6 heteroatoms. The van der Waals surface area contributed by atoms with Crippen LogP contribution in [0, 0.1) is 5.82 Å². The van der Waals surface area contributed by atoms with Crippen LogP contribution in [0.15, 0.2) is 28.7 Å². The average molecular weight is 350 g/mol. The van der Waals surface area contributed by atoms with Gasteiger partial charge in [-0.3, -0.25) is 0 Å². The van der Waals surface area contributed by atoms with E-state index in [9.17, 15) is 4.39 Å². The second-order valence-electron chi connectivity index (χ2n) is 3.50. The van der Waals surface area contributed by atoms with Crippen LogP contribution < -0.4 is 5.32 Å². The molecular weight excluding hydrogens is 342 g/mol. The lowest BCUT2D eigenvalue weighted by Gasteiger charge is -2.10. The topological polar surface area (TPSA) is 24.9 Å². The van der Waals surface area contributed by atoms with E-state index >= 15 is 0 Å². The smallest absolute Gasteiger partial charge is 0.146 e. The summed E-state index contributed by atoms with van der Waals surface area (Å²) in [5, 5.41) is 3.52. The first-order valence-electron chi connectivity index (χ1n) is 5.02. The zero-order valence-electron chi connectivity index (χ0n) is 9.27. The van der Waals surface area contributed by atoms with Crippen LogP contribution in [0.25, 0.3) is 11.3 Å². The Labute approximate surface area is 122 Å². The van der Waals surface area contributed by atoms with Gasteiger partial charge >= 0.3 is 0 Å². The number of nitrogens with zero attached hydrogens (tertiary/aromatic N) is 1. The van der Waals surface area contributed by atoms with E-state index in [0.29, 0.717) is 31.6 Å². The lowest BCUT2D eigenvalue weighted by Crippen LogP contribution is -1.97. The molecular formula is C12H8BrCl2FN2. The van der Waals surface area contributed by atoms with Gasteiger partial charge in [-0.2, -0.15) is 0 Å². The number of pyridine rings is 1. The normalized spacial score (nSPS) is 10.5. The molecule has 0 amide bonds. The molecule has 1 N–H and O–H groups in total. The van der Waals surface area contributed by atoms with E-state index in [1.807, 2.05) is 0 Å². The van der Waals surface area contributed by atoms with Gasteiger partial charge in [-0.25, -0.2) is 9.37 Å². The van der Waals surface area contributed by atoms with Crippen LogP contribution in [-0.2, 0) is 0 Å². The van der Waals surface area contributed by atoms with E-state index in [2.05, 4.69) is 26.2 Å². The largest absolute Gasteiger partial charge is 0.372 e. The Bertz CT molecular complexity index is 605. The van der Waals surface area contributed by atoms with E-state index < -0.39 is 5.82 Å². The molecule has 0 fully saturated rings. The Morgan fingerprint density at radius 1 is 1.28 bits per heavy atom. The standard InChI is InChI=1S/C12H8BrCl2FN2/c1-17-12-9(15)5-8(14)11(18-12)6-3-2-4-7(13)10(6)16/h2-5H,1H3,(H,17,18). The fraction of sp³-hybridized carbons (Fsp3) is 0.0833. The summed E-state index contributed by atoms with van der Waals surface area (Å²) in [6.07, 6.45) is 0. The molecule has 0 aliphatic heterocycles. The molecule has 2 rings (SSSR count). The summed E-state index contributed by atoms with van der Waals surface area (Å²) in [7, 11) is 1.68. The predicted octanol–water partition coefficient (Wildman–Crippen LogP) is 5.00. The van der Waals surface area contributed by atoms with Crippen LogP contribution >= 0.6 is 39.1 Å². The molecule has 0 saturated carbocycles. The van der Waals surface area contributed by atoms with E-state index in [4.69, 9.17) is 23.2 Å². The molecule has 0 unspecified atom stereocenters. The number of nitrogens with one attached hydrogen (secondary N) is 1. The summed E-state index contributed by atoms with van der Waals surface area (Å²) < 4.78 is 14.4. The molecule has 1 heterocycles. The second kappa shape index (κ2) is 5.43. The van der Waals surface area contributed by atoms with Gasteiger partial charge < -0.3 is 5.32 Å². The first kappa shape index (κ1) is 13.6. The maximum absolute atomic E-state index is 14.0. The van der Waals surface area contributed by atoms with Crippen LogP contribution in [0.1, 0.15) is 0 Å². The average Bonchev–Trinajstić information content (AvgIpc) is 2.34. The Kier molecular flexibility index (Phi) is 4.10. The molecule has 2 aromatic rings. The monoisotopic (exact) mass is 348 g/mol. The highest BCUT2D eigenvalue weighted by molar-refractivity contribution is 9.10. The van der Waals surface area contributed by atoms with Gasteiger partial charge in [0, 0.05) is 12.6 Å². The first-order chi connectivity index (χ1) is 8.54. The van der Waals surface area contributed by atoms with Gasteiger partial charge in [0.2, 0.25) is 0 Å². The number of hydrogen-bond donors (Lipinski definition) is 1. The highest BCUT2D eigenvalue weighted by atomic mass is 79.9. The minimum Gasteiger partial charge on any atom is -0.372 e. The maximum atomic E-state index is 14.0. The summed E-state index contributed by atoms with van der Waals surface area (Å²) in [5.74, 6) is 0.0479. The van der Waals surface area contributed by atoms with E-state index in [-0.39, 0.29) is 0 Å². The number of benzene rings is 1. The van der Waals surface area contributed by atoms with Crippen LogP contribution in [-0.4, -0.2) is 12.0 Å². The van der Waals surface area contributed by atoms with E-state index in [1.54, 1.807) is 25.2 Å². The molecule has 0 saturated heterocycles. The Balaban J connectivity index is 2.67. The lowest BCUT2D eigenvalue weighted by atomic mass is 10.1. The Morgan fingerprint density at radius 3 is 2.67 bits per heavy atom. The van der Waals surface area contributed by atoms with Crippen LogP contribution in [0.3, 0.4) is 0 Å². The Hall–Kier alpha value is -0.840. The van der Waals surface area contributed by atoms with E-state index in [1.165, 1.54) is 6.07 Å².